The van der Waals surface area contributed by atoms with Crippen molar-refractivity contribution in [2.45, 2.75) is 13.3 Å². The third-order valence-electron chi connectivity index (χ3n) is 4.46. The van der Waals surface area contributed by atoms with Crippen LogP contribution in [0.3, 0.4) is 0 Å². The van der Waals surface area contributed by atoms with Gasteiger partial charge in [-0.25, -0.2) is 4.98 Å². The van der Waals surface area contributed by atoms with E-state index in [-0.39, 0.29) is 12.3 Å². The van der Waals surface area contributed by atoms with Crippen LogP contribution in [0, 0.1) is 6.92 Å². The summed E-state index contributed by atoms with van der Waals surface area (Å²) in [5.74, 6) is 1.53. The van der Waals surface area contributed by atoms with E-state index < -0.39 is 0 Å². The molecule has 6 heteroatoms. The summed E-state index contributed by atoms with van der Waals surface area (Å²) in [7, 11) is 1.60. The summed E-state index contributed by atoms with van der Waals surface area (Å²) in [4.78, 5) is 21.5. The molecule has 0 unspecified atom stereocenters. The van der Waals surface area contributed by atoms with Crippen LogP contribution in [-0.2, 0) is 11.2 Å². The van der Waals surface area contributed by atoms with E-state index in [0.29, 0.717) is 28.8 Å². The van der Waals surface area contributed by atoms with E-state index in [0.717, 1.165) is 16.5 Å². The maximum absolute atomic E-state index is 12.6. The average molecular weight is 373 g/mol. The molecule has 0 saturated heterocycles. The Kier molecular flexibility index (Phi) is 4.76. The van der Waals surface area contributed by atoms with Crippen molar-refractivity contribution in [2.75, 3.05) is 12.4 Å². The molecule has 0 spiro atoms. The molecule has 0 aliphatic carbocycles. The number of methoxy groups -OCH3 is 1. The number of amides is 1. The molecule has 4 aromatic rings. The Hall–Kier alpha value is -3.67. The van der Waals surface area contributed by atoms with Gasteiger partial charge in [0.1, 0.15) is 11.5 Å². The maximum atomic E-state index is 12.6. The van der Waals surface area contributed by atoms with Crippen molar-refractivity contribution < 1.29 is 13.9 Å². The number of fused-ring (bicyclic) bond motifs is 1. The lowest BCUT2D eigenvalue weighted by molar-refractivity contribution is -0.115. The van der Waals surface area contributed by atoms with Gasteiger partial charge in [-0.2, -0.15) is 0 Å². The minimum absolute atomic E-state index is 0.105. The van der Waals surface area contributed by atoms with Crippen LogP contribution in [-0.4, -0.2) is 23.0 Å². The second kappa shape index (κ2) is 7.52. The van der Waals surface area contributed by atoms with Crippen LogP contribution in [0.15, 0.2) is 65.2 Å². The number of anilines is 1. The third-order valence-corrected chi connectivity index (χ3v) is 4.46. The van der Waals surface area contributed by atoms with Crippen molar-refractivity contribution in [3.05, 3.63) is 72.2 Å². The van der Waals surface area contributed by atoms with E-state index in [2.05, 4.69) is 15.3 Å². The van der Waals surface area contributed by atoms with Gasteiger partial charge in [-0.1, -0.05) is 30.3 Å². The fourth-order valence-corrected chi connectivity index (χ4v) is 3.08. The Balaban J connectivity index is 1.56. The van der Waals surface area contributed by atoms with E-state index in [1.165, 1.54) is 0 Å². The van der Waals surface area contributed by atoms with E-state index in [1.54, 1.807) is 20.2 Å². The van der Waals surface area contributed by atoms with Gasteiger partial charge in [0.15, 0.2) is 0 Å². The highest BCUT2D eigenvalue weighted by Gasteiger charge is 2.17. The Labute approximate surface area is 162 Å². The lowest BCUT2D eigenvalue weighted by Gasteiger charge is -2.07. The van der Waals surface area contributed by atoms with Gasteiger partial charge < -0.3 is 14.5 Å². The molecular formula is C22H19N3O3. The summed E-state index contributed by atoms with van der Waals surface area (Å²) in [6.45, 7) is 1.80. The number of hydrogen-bond acceptors (Lipinski definition) is 5. The fraction of sp³-hybridized carbons (Fsp3) is 0.136. The average Bonchev–Trinajstić information content (AvgIpc) is 3.08. The summed E-state index contributed by atoms with van der Waals surface area (Å²) in [5.41, 5.74) is 2.77. The molecule has 0 aliphatic heterocycles. The van der Waals surface area contributed by atoms with Crippen LogP contribution in [0.25, 0.3) is 22.4 Å². The Morgan fingerprint density at radius 1 is 1.11 bits per heavy atom. The van der Waals surface area contributed by atoms with E-state index in [9.17, 15) is 4.79 Å². The first-order valence-corrected chi connectivity index (χ1v) is 8.89. The van der Waals surface area contributed by atoms with E-state index in [1.807, 2.05) is 54.6 Å². The molecular weight excluding hydrogens is 354 g/mol. The number of rotatable bonds is 5. The monoisotopic (exact) mass is 373 g/mol. The smallest absolute Gasteiger partial charge is 0.230 e. The first kappa shape index (κ1) is 17.7. The molecule has 4 rings (SSSR count). The highest BCUT2D eigenvalue weighted by Crippen LogP contribution is 2.30. The molecule has 2 aromatic carbocycles. The van der Waals surface area contributed by atoms with Gasteiger partial charge in [0.2, 0.25) is 11.8 Å². The van der Waals surface area contributed by atoms with Crippen molar-refractivity contribution in [2.24, 2.45) is 0 Å². The number of oxazole rings is 1. The van der Waals surface area contributed by atoms with Crippen LogP contribution < -0.4 is 10.1 Å². The number of aryl methyl sites for hydroxylation is 1. The summed E-state index contributed by atoms with van der Waals surface area (Å²) < 4.78 is 11.1. The van der Waals surface area contributed by atoms with E-state index >= 15 is 0 Å². The first-order chi connectivity index (χ1) is 13.7. The van der Waals surface area contributed by atoms with Gasteiger partial charge in [0.05, 0.1) is 36.0 Å². The number of carbonyl (C=O) groups excluding carboxylic acids is 1. The SMILES string of the molecule is COc1ccccc1-c1nc(CC(=O)Nc2cccc3cccnc23)c(C)o1. The normalized spacial score (nSPS) is 10.8. The maximum Gasteiger partial charge on any atom is 0.230 e. The molecule has 2 heterocycles. The molecule has 1 N–H and O–H groups in total. The van der Waals surface area contributed by atoms with Crippen LogP contribution in [0.4, 0.5) is 5.69 Å². The first-order valence-electron chi connectivity index (χ1n) is 8.89. The zero-order valence-electron chi connectivity index (χ0n) is 15.6. The summed E-state index contributed by atoms with van der Waals surface area (Å²) in [6.07, 6.45) is 1.81. The lowest BCUT2D eigenvalue weighted by atomic mass is 10.2. The molecule has 140 valence electrons. The summed E-state index contributed by atoms with van der Waals surface area (Å²) in [6, 6.07) is 17.0. The van der Waals surface area contributed by atoms with Gasteiger partial charge in [-0.15, -0.1) is 0 Å². The molecule has 2 aromatic heterocycles. The standard InChI is InChI=1S/C22H19N3O3/c1-14-18(25-22(28-14)16-9-3-4-11-19(16)27-2)13-20(26)24-17-10-5-7-15-8-6-12-23-21(15)17/h3-12H,13H2,1-2H3,(H,24,26). The Morgan fingerprint density at radius 2 is 1.93 bits per heavy atom. The van der Waals surface area contributed by atoms with Gasteiger partial charge in [-0.05, 0) is 31.2 Å². The third kappa shape index (κ3) is 3.44. The predicted octanol–water partition coefficient (Wildman–Crippen LogP) is 4.39. The molecule has 6 nitrogen and oxygen atoms in total. The molecule has 28 heavy (non-hydrogen) atoms. The number of hydrogen-bond donors (Lipinski definition) is 1. The topological polar surface area (TPSA) is 77.2 Å². The number of aromatic nitrogens is 2. The molecule has 0 bridgehead atoms. The van der Waals surface area contributed by atoms with E-state index in [4.69, 9.17) is 9.15 Å². The highest BCUT2D eigenvalue weighted by molar-refractivity contribution is 6.00. The molecule has 0 fully saturated rings. The summed E-state index contributed by atoms with van der Waals surface area (Å²) in [5, 5.41) is 3.89. The number of nitrogens with one attached hydrogen (secondary N) is 1. The molecule has 0 aliphatic rings. The fourth-order valence-electron chi connectivity index (χ4n) is 3.08. The lowest BCUT2D eigenvalue weighted by Crippen LogP contribution is -2.15. The number of carbonyl (C=O) groups is 1. The van der Waals surface area contributed by atoms with Crippen LogP contribution in [0.1, 0.15) is 11.5 Å². The van der Waals surface area contributed by atoms with Crippen molar-refractivity contribution in [1.29, 1.82) is 0 Å². The van der Waals surface area contributed by atoms with Crippen molar-refractivity contribution >= 4 is 22.5 Å². The predicted molar refractivity (Wildman–Crippen MR) is 107 cm³/mol. The van der Waals surface area contributed by atoms with Gasteiger partial charge in [0, 0.05) is 11.6 Å². The zero-order chi connectivity index (χ0) is 19.5. The number of benzene rings is 2. The van der Waals surface area contributed by atoms with Crippen molar-refractivity contribution in [3.8, 4) is 17.2 Å². The molecule has 0 radical (unpaired) electrons. The summed E-state index contributed by atoms with van der Waals surface area (Å²) >= 11 is 0. The van der Waals surface area contributed by atoms with Crippen LogP contribution >= 0.6 is 0 Å². The molecule has 1 amide bonds. The quantitative estimate of drug-likeness (QED) is 0.561. The number of pyridine rings is 1. The number of ether oxygens (including phenoxy) is 1. The van der Waals surface area contributed by atoms with Crippen molar-refractivity contribution in [3.63, 3.8) is 0 Å². The van der Waals surface area contributed by atoms with Gasteiger partial charge >= 0.3 is 0 Å². The van der Waals surface area contributed by atoms with Gasteiger partial charge in [-0.3, -0.25) is 9.78 Å². The van der Waals surface area contributed by atoms with Crippen molar-refractivity contribution in [1.82, 2.24) is 9.97 Å². The highest BCUT2D eigenvalue weighted by atomic mass is 16.5. The minimum Gasteiger partial charge on any atom is -0.496 e. The second-order valence-corrected chi connectivity index (χ2v) is 6.33. The second-order valence-electron chi connectivity index (χ2n) is 6.33. The minimum atomic E-state index is -0.180. The largest absolute Gasteiger partial charge is 0.496 e. The molecule has 0 saturated carbocycles. The molecule has 0 atom stereocenters. The van der Waals surface area contributed by atoms with Crippen LogP contribution in [0.5, 0.6) is 5.75 Å². The Morgan fingerprint density at radius 3 is 2.79 bits per heavy atom. The number of para-hydroxylation sites is 2. The Bertz CT molecular complexity index is 1150. The zero-order valence-corrected chi connectivity index (χ0v) is 15.6. The van der Waals surface area contributed by atoms with Crippen LogP contribution in [0.2, 0.25) is 0 Å². The van der Waals surface area contributed by atoms with Gasteiger partial charge in [0.25, 0.3) is 0 Å². The number of nitrogens with zero attached hydrogens (tertiary/aromatic N) is 2.